The van der Waals surface area contributed by atoms with Crippen molar-refractivity contribution < 1.29 is 9.53 Å². The van der Waals surface area contributed by atoms with Gasteiger partial charge < -0.3 is 4.74 Å². The molecule has 1 unspecified atom stereocenters. The summed E-state index contributed by atoms with van der Waals surface area (Å²) in [4.78, 5) is 14.5. The zero-order chi connectivity index (χ0) is 7.56. The molecule has 0 saturated carbocycles. The van der Waals surface area contributed by atoms with Crippen LogP contribution in [0.25, 0.3) is 0 Å². The number of hydrogen-bond donors (Lipinski definition) is 0. The highest BCUT2D eigenvalue weighted by atomic mass is 16.5. The van der Waals surface area contributed by atoms with E-state index in [-0.39, 0.29) is 12.0 Å². The molecule has 0 aromatic rings. The minimum absolute atomic E-state index is 0.165. The standard InChI is InChI=1S/C7H11NO2/c1-5(2)6-4-10-7(9)3-8-6/h3,5-6H,4H2,1-2H3. The first-order valence-electron chi connectivity index (χ1n) is 3.40. The molecule has 0 saturated heterocycles. The molecule has 0 aromatic carbocycles. The zero-order valence-corrected chi connectivity index (χ0v) is 6.20. The molecule has 0 radical (unpaired) electrons. The molecule has 1 rings (SSSR count). The SMILES string of the molecule is CC(C)C1COC(=O)C=N1. The Hall–Kier alpha value is -0.860. The predicted octanol–water partition coefficient (Wildman–Crippen LogP) is 0.639. The van der Waals surface area contributed by atoms with Gasteiger partial charge in [0.25, 0.3) is 0 Å². The molecule has 3 heteroatoms. The summed E-state index contributed by atoms with van der Waals surface area (Å²) >= 11 is 0. The number of esters is 1. The molecule has 10 heavy (non-hydrogen) atoms. The number of hydrogen-bond acceptors (Lipinski definition) is 3. The molecule has 1 aliphatic rings. The van der Waals surface area contributed by atoms with Crippen LogP contribution in [0.2, 0.25) is 0 Å². The third-order valence-electron chi connectivity index (χ3n) is 1.54. The van der Waals surface area contributed by atoms with Gasteiger partial charge in [-0.1, -0.05) is 13.8 Å². The third-order valence-corrected chi connectivity index (χ3v) is 1.54. The number of carbonyl (C=O) groups is 1. The van der Waals surface area contributed by atoms with Gasteiger partial charge in [-0.25, -0.2) is 4.79 Å². The molecular formula is C7H11NO2. The van der Waals surface area contributed by atoms with Gasteiger partial charge in [0.15, 0.2) is 0 Å². The van der Waals surface area contributed by atoms with Crippen LogP contribution in [0, 0.1) is 5.92 Å². The van der Waals surface area contributed by atoms with E-state index in [1.807, 2.05) is 0 Å². The van der Waals surface area contributed by atoms with Crippen molar-refractivity contribution in [2.45, 2.75) is 19.9 Å². The molecule has 3 nitrogen and oxygen atoms in total. The first kappa shape index (κ1) is 7.25. The van der Waals surface area contributed by atoms with Gasteiger partial charge in [0.05, 0.1) is 6.04 Å². The van der Waals surface area contributed by atoms with Crippen molar-refractivity contribution in [3.63, 3.8) is 0 Å². The summed E-state index contributed by atoms with van der Waals surface area (Å²) in [6, 6.07) is 0.165. The van der Waals surface area contributed by atoms with Crippen molar-refractivity contribution in [1.82, 2.24) is 0 Å². The summed E-state index contributed by atoms with van der Waals surface area (Å²) in [6.45, 7) is 4.55. The Morgan fingerprint density at radius 3 is 2.90 bits per heavy atom. The minimum atomic E-state index is -0.322. The predicted molar refractivity (Wildman–Crippen MR) is 38.1 cm³/mol. The highest BCUT2D eigenvalue weighted by molar-refractivity contribution is 6.23. The van der Waals surface area contributed by atoms with Crippen molar-refractivity contribution in [1.29, 1.82) is 0 Å². The minimum Gasteiger partial charge on any atom is -0.459 e. The van der Waals surface area contributed by atoms with E-state index in [0.29, 0.717) is 12.5 Å². The van der Waals surface area contributed by atoms with E-state index in [1.165, 1.54) is 6.21 Å². The van der Waals surface area contributed by atoms with E-state index in [1.54, 1.807) is 0 Å². The summed E-state index contributed by atoms with van der Waals surface area (Å²) in [5, 5.41) is 0. The normalized spacial score (nSPS) is 25.1. The highest BCUT2D eigenvalue weighted by Gasteiger charge is 2.17. The monoisotopic (exact) mass is 141 g/mol. The van der Waals surface area contributed by atoms with E-state index >= 15 is 0 Å². The molecule has 0 spiro atoms. The molecule has 0 amide bonds. The summed E-state index contributed by atoms with van der Waals surface area (Å²) in [7, 11) is 0. The van der Waals surface area contributed by atoms with Crippen molar-refractivity contribution in [2.24, 2.45) is 10.9 Å². The molecule has 0 bridgehead atoms. The number of aliphatic imine (C=N–C) groups is 1. The molecule has 1 aliphatic heterocycles. The van der Waals surface area contributed by atoms with Crippen LogP contribution in [0.4, 0.5) is 0 Å². The van der Waals surface area contributed by atoms with Crippen LogP contribution < -0.4 is 0 Å². The average molecular weight is 141 g/mol. The van der Waals surface area contributed by atoms with Gasteiger partial charge >= 0.3 is 5.97 Å². The Balaban J connectivity index is 2.53. The zero-order valence-electron chi connectivity index (χ0n) is 6.20. The van der Waals surface area contributed by atoms with Gasteiger partial charge in [0.1, 0.15) is 12.8 Å². The lowest BCUT2D eigenvalue weighted by Crippen LogP contribution is -2.27. The number of carbonyl (C=O) groups excluding carboxylic acids is 1. The second-order valence-electron chi connectivity index (χ2n) is 2.72. The van der Waals surface area contributed by atoms with Crippen LogP contribution in [0.15, 0.2) is 4.99 Å². The fraction of sp³-hybridized carbons (Fsp3) is 0.714. The van der Waals surface area contributed by atoms with Crippen LogP contribution in [-0.4, -0.2) is 24.8 Å². The Morgan fingerprint density at radius 2 is 2.50 bits per heavy atom. The van der Waals surface area contributed by atoms with Gasteiger partial charge in [-0.05, 0) is 5.92 Å². The van der Waals surface area contributed by atoms with Crippen molar-refractivity contribution in [2.75, 3.05) is 6.61 Å². The van der Waals surface area contributed by atoms with Gasteiger partial charge in [-0.2, -0.15) is 0 Å². The van der Waals surface area contributed by atoms with E-state index < -0.39 is 0 Å². The molecule has 0 aromatic heterocycles. The van der Waals surface area contributed by atoms with E-state index in [9.17, 15) is 4.79 Å². The van der Waals surface area contributed by atoms with E-state index in [0.717, 1.165) is 0 Å². The van der Waals surface area contributed by atoms with Gasteiger partial charge in [-0.3, -0.25) is 4.99 Å². The molecule has 56 valence electrons. The molecule has 0 N–H and O–H groups in total. The number of rotatable bonds is 1. The molecular weight excluding hydrogens is 130 g/mol. The maximum Gasteiger partial charge on any atom is 0.349 e. The maximum absolute atomic E-state index is 10.5. The van der Waals surface area contributed by atoms with Gasteiger partial charge in [-0.15, -0.1) is 0 Å². The van der Waals surface area contributed by atoms with Crippen LogP contribution in [0.1, 0.15) is 13.8 Å². The summed E-state index contributed by atoms with van der Waals surface area (Å²) in [5.74, 6) is 0.126. The lowest BCUT2D eigenvalue weighted by Gasteiger charge is -2.18. The summed E-state index contributed by atoms with van der Waals surface area (Å²) < 4.78 is 4.76. The topological polar surface area (TPSA) is 38.7 Å². The number of ether oxygens (including phenoxy) is 1. The Labute approximate surface area is 60.1 Å². The van der Waals surface area contributed by atoms with Crippen LogP contribution in [-0.2, 0) is 9.53 Å². The fourth-order valence-corrected chi connectivity index (χ4v) is 0.769. The Morgan fingerprint density at radius 1 is 1.80 bits per heavy atom. The van der Waals surface area contributed by atoms with Crippen molar-refractivity contribution in [3.8, 4) is 0 Å². The average Bonchev–Trinajstić information content (AvgIpc) is 1.88. The largest absolute Gasteiger partial charge is 0.459 e. The smallest absolute Gasteiger partial charge is 0.349 e. The first-order valence-corrected chi connectivity index (χ1v) is 3.40. The van der Waals surface area contributed by atoms with E-state index in [2.05, 4.69) is 18.8 Å². The molecule has 1 atom stereocenters. The van der Waals surface area contributed by atoms with Gasteiger partial charge in [0, 0.05) is 0 Å². The van der Waals surface area contributed by atoms with Crippen LogP contribution in [0.3, 0.4) is 0 Å². The third kappa shape index (κ3) is 1.56. The fourth-order valence-electron chi connectivity index (χ4n) is 0.769. The van der Waals surface area contributed by atoms with E-state index in [4.69, 9.17) is 4.74 Å². The van der Waals surface area contributed by atoms with Crippen molar-refractivity contribution in [3.05, 3.63) is 0 Å². The summed E-state index contributed by atoms with van der Waals surface area (Å²) in [6.07, 6.45) is 1.26. The molecule has 1 heterocycles. The number of nitrogens with zero attached hydrogens (tertiary/aromatic N) is 1. The van der Waals surface area contributed by atoms with Crippen molar-refractivity contribution >= 4 is 12.2 Å². The molecule has 0 aliphatic carbocycles. The lowest BCUT2D eigenvalue weighted by atomic mass is 10.1. The maximum atomic E-state index is 10.5. The highest BCUT2D eigenvalue weighted by Crippen LogP contribution is 2.08. The second kappa shape index (κ2) is 2.82. The number of cyclic esters (lactones) is 1. The molecule has 0 fully saturated rings. The quantitative estimate of drug-likeness (QED) is 0.502. The Kier molecular flexibility index (Phi) is 2.04. The lowest BCUT2D eigenvalue weighted by molar-refractivity contribution is -0.136. The van der Waals surface area contributed by atoms with Gasteiger partial charge in [0.2, 0.25) is 0 Å². The first-order chi connectivity index (χ1) is 4.70. The Bertz CT molecular complexity index is 163. The van der Waals surface area contributed by atoms with Crippen LogP contribution in [0.5, 0.6) is 0 Å². The van der Waals surface area contributed by atoms with Crippen LogP contribution >= 0.6 is 0 Å². The summed E-state index contributed by atoms with van der Waals surface area (Å²) in [5.41, 5.74) is 0. The second-order valence-corrected chi connectivity index (χ2v) is 2.72.